The van der Waals surface area contributed by atoms with Gasteiger partial charge >= 0.3 is 0 Å². The largest absolute Gasteiger partial charge is 0.638 e. The van der Waals surface area contributed by atoms with Gasteiger partial charge in [0.15, 0.2) is 0 Å². The van der Waals surface area contributed by atoms with Crippen LogP contribution in [0.2, 0.25) is 0 Å². The van der Waals surface area contributed by atoms with E-state index < -0.39 is 0 Å². The first-order valence-corrected chi connectivity index (χ1v) is 48.6. The van der Waals surface area contributed by atoms with E-state index in [2.05, 4.69) is 381 Å². The molecule has 708 valence electrons. The third-order valence-electron chi connectivity index (χ3n) is 27.6. The molecule has 15 nitrogen and oxygen atoms in total. The maximum absolute atomic E-state index is 5.97. The molecule has 15 aromatic carbocycles. The van der Waals surface area contributed by atoms with Gasteiger partial charge in [-0.1, -0.05) is 290 Å². The van der Waals surface area contributed by atoms with E-state index in [1.807, 2.05) is 54.9 Å². The molecule has 16 heteroatoms. The molecule has 22 rings (SSSR count). The van der Waals surface area contributed by atoms with Crippen LogP contribution < -0.4 is 5.01 Å². The number of para-hydroxylation sites is 5. The first kappa shape index (κ1) is 96.3. The number of hydrogen-bond acceptors (Lipinski definition) is 11. The van der Waals surface area contributed by atoms with Gasteiger partial charge < -0.3 is 52.9 Å². The summed E-state index contributed by atoms with van der Waals surface area (Å²) in [7, 11) is 5.31. The normalized spacial score (nSPS) is 12.7. The van der Waals surface area contributed by atoms with Crippen molar-refractivity contribution in [1.29, 1.82) is 0 Å². The van der Waals surface area contributed by atoms with E-state index in [0.29, 0.717) is 25.0 Å². The Kier molecular flexibility index (Phi) is 28.6. The zero-order valence-electron chi connectivity index (χ0n) is 83.0. The number of aromatic nitrogens is 8. The zero-order chi connectivity index (χ0) is 96.4. The van der Waals surface area contributed by atoms with Crippen LogP contribution in [0, 0.1) is 67.5 Å². The second-order valence-corrected chi connectivity index (χ2v) is 38.1. The molecule has 7 heterocycles. The Morgan fingerprint density at radius 3 is 1.29 bits per heavy atom. The molecular weight excluding hydrogens is 1900 g/mol. The van der Waals surface area contributed by atoms with Crippen molar-refractivity contribution in [3.8, 4) is 62.2 Å². The summed E-state index contributed by atoms with van der Waals surface area (Å²) in [6, 6.07) is 111. The van der Waals surface area contributed by atoms with Crippen molar-refractivity contribution in [2.75, 3.05) is 32.9 Å². The molecule has 1 aliphatic heterocycles. The molecule has 21 aromatic rings. The quantitative estimate of drug-likeness (QED) is 0.0472. The summed E-state index contributed by atoms with van der Waals surface area (Å²) in [4.78, 5) is 9.76. The first-order valence-electron chi connectivity index (χ1n) is 48.6. The van der Waals surface area contributed by atoms with Gasteiger partial charge in [-0.3, -0.25) is 0 Å². The van der Waals surface area contributed by atoms with Crippen LogP contribution in [0.15, 0.2) is 302 Å². The van der Waals surface area contributed by atoms with Gasteiger partial charge in [0, 0.05) is 110 Å². The third-order valence-corrected chi connectivity index (χ3v) is 27.6. The number of anilines is 1. The smallest absolute Gasteiger partial charge is 0.248 e. The van der Waals surface area contributed by atoms with Gasteiger partial charge in [0.2, 0.25) is 11.8 Å². The van der Waals surface area contributed by atoms with Gasteiger partial charge in [-0.25, -0.2) is 9.78 Å². The number of benzene rings is 15. The van der Waals surface area contributed by atoms with E-state index in [0.717, 1.165) is 139 Å². The third kappa shape index (κ3) is 19.4. The van der Waals surface area contributed by atoms with Gasteiger partial charge in [-0.2, -0.15) is 5.69 Å². The molecule has 1 aliphatic rings. The summed E-state index contributed by atoms with van der Waals surface area (Å²) in [5, 5.41) is 28.7. The Hall–Kier alpha value is -14.0. The van der Waals surface area contributed by atoms with E-state index in [-0.39, 0.29) is 44.8 Å². The fourth-order valence-electron chi connectivity index (χ4n) is 20.2. The van der Waals surface area contributed by atoms with Crippen LogP contribution in [-0.4, -0.2) is 85.3 Å². The number of hydrogen-bond donors (Lipinski definition) is 0. The van der Waals surface area contributed by atoms with Crippen LogP contribution in [-0.2, 0) is 71.4 Å². The van der Waals surface area contributed by atoms with Gasteiger partial charge in [-0.15, -0.1) is 39.8 Å². The van der Waals surface area contributed by atoms with Crippen LogP contribution in [0.3, 0.4) is 0 Å². The molecule has 0 saturated heterocycles. The molecule has 0 bridgehead atoms. The molecule has 0 aliphatic carbocycles. The van der Waals surface area contributed by atoms with Crippen LogP contribution in [0.4, 0.5) is 11.4 Å². The van der Waals surface area contributed by atoms with Gasteiger partial charge in [0.05, 0.1) is 59.3 Å². The van der Waals surface area contributed by atoms with E-state index in [4.69, 9.17) is 43.9 Å². The number of fused-ring (bicyclic) bond motifs is 18. The number of pyridine rings is 2. The number of ether oxygens (including phenoxy) is 4. The van der Waals surface area contributed by atoms with E-state index in [9.17, 15) is 0 Å². The minimum Gasteiger partial charge on any atom is -0.638 e. The van der Waals surface area contributed by atoms with Crippen molar-refractivity contribution >= 4 is 109 Å². The molecule has 0 saturated carbocycles. The maximum Gasteiger partial charge on any atom is 0.248 e. The number of methoxy groups -OCH3 is 3. The summed E-state index contributed by atoms with van der Waals surface area (Å²) in [5.41, 5.74) is 40.6. The molecule has 0 spiro atoms. The second-order valence-electron chi connectivity index (χ2n) is 38.1. The Labute approximate surface area is 835 Å². The van der Waals surface area contributed by atoms with Crippen LogP contribution in [0.25, 0.3) is 166 Å². The Bertz CT molecular complexity index is 7810. The standard InChI is InChI=1S/C41H34N2O.C30H32N3O2.C29H32N2O2.C24H21N3.Pt/c1-3-33(44-2)24-28-20-22-29(23-21-28)30-25-31(42-38-16-8-4-12-34(38)35-13-5-9-17-39(35)42)27-32(26-30)43-40-18-10-6-14-36(40)37-15-7-11-19-41(37)43;1-7-23(34-6)17-35-16-22-13-19(3)30(20(4)14-22)33-15-26-24-10-8-9-18(2)27(24)29-25(28(26)32-33)12-11-21(5)31-29;1-6-26(32-5)19-20-7-9-21(10-8-20)22-11-13-23(14-12-22)27-30-31-28(33-27)24-15-17-25(18-16-24)29(2,3)4;1-14-7-6-10-18-20-13-27(24-15(2)8-5-9-16(24)3)26-22(20)19-12-11-17(4)25-23(19)21(14)18;/h4-23,25-27,33H,3,24H2,1-2H3;8-11,13-15,23H,7,16-17H2,1-6H3;7-18,26H,6,19H2,1-5H3;5-11H,13H2,1-4H3;/q;-1;;-2;. The van der Waals surface area contributed by atoms with Crippen molar-refractivity contribution < 1.29 is 44.4 Å². The molecule has 140 heavy (non-hydrogen) atoms. The average molecular weight is 2020 g/mol. The predicted molar refractivity (Wildman–Crippen MR) is 575 cm³/mol. The van der Waals surface area contributed by atoms with Crippen LogP contribution >= 0.6 is 0 Å². The Morgan fingerprint density at radius 1 is 0.400 bits per heavy atom. The number of nitrogens with zero attached hydrogens (tertiary/aromatic N) is 10. The molecule has 0 fully saturated rings. The summed E-state index contributed by atoms with van der Waals surface area (Å²) in [6.45, 7) is 31.9. The minimum atomic E-state index is 0. The SMILES string of the molecule is CCC(COCc1cc(C)c(-n2cc3c4cccc(C)c4c4nc(C)c[c-]c4c3n2)c(C)c1)OC.CCC(Cc1ccc(-c2cc(-n3c4ccccc4c4ccccc43)cc(-n3c4ccccc4c4ccccc43)c2)cc1)OC.CCC(Cc1ccc(-c2ccc(-c3nnc(-c4ccc(C(C)(C)C)cc4)o3)cc2)cc1)OC.Cc1c[c-]c2c3c(c4cccc(C)c4c2n1)CN(c1c(C)cccc1C)[N-]3.[Pt]. The molecule has 3 unspecified atom stereocenters. The summed E-state index contributed by atoms with van der Waals surface area (Å²) < 4.78 is 35.3. The molecule has 0 radical (unpaired) electrons. The fourth-order valence-corrected chi connectivity index (χ4v) is 20.2. The fraction of sp³-hybridized carbons (Fsp3) is 0.234. The molecule has 0 N–H and O–H groups in total. The Balaban J connectivity index is 0.000000125. The summed E-state index contributed by atoms with van der Waals surface area (Å²) in [6.07, 6.45) is 7.60. The monoisotopic (exact) mass is 2020 g/mol. The van der Waals surface area contributed by atoms with Crippen LogP contribution in [0.5, 0.6) is 0 Å². The van der Waals surface area contributed by atoms with Crippen LogP contribution in [0.1, 0.15) is 133 Å². The second kappa shape index (κ2) is 41.6. The predicted octanol–water partition coefficient (Wildman–Crippen LogP) is 30.9. The average Bonchev–Trinajstić information content (AvgIpc) is 1.54. The topological polar surface area (TPSA) is 147 Å². The van der Waals surface area contributed by atoms with Gasteiger partial charge in [0.1, 0.15) is 0 Å². The molecule has 3 atom stereocenters. The minimum absolute atomic E-state index is 0. The van der Waals surface area contributed by atoms with E-state index in [1.54, 1.807) is 21.3 Å². The van der Waals surface area contributed by atoms with Gasteiger partial charge in [-0.05, 0) is 262 Å². The first-order chi connectivity index (χ1) is 67.5. The van der Waals surface area contributed by atoms with E-state index in [1.165, 1.54) is 132 Å². The number of aryl methyl sites for hydroxylation is 8. The summed E-state index contributed by atoms with van der Waals surface area (Å²) >= 11 is 0. The van der Waals surface area contributed by atoms with Gasteiger partial charge in [0.25, 0.3) is 0 Å². The Morgan fingerprint density at radius 2 is 0.814 bits per heavy atom. The van der Waals surface area contributed by atoms with Crippen molar-refractivity contribution in [3.63, 3.8) is 0 Å². The summed E-state index contributed by atoms with van der Waals surface area (Å²) in [5.74, 6) is 1.06. The van der Waals surface area contributed by atoms with Crippen molar-refractivity contribution in [2.24, 2.45) is 0 Å². The van der Waals surface area contributed by atoms with E-state index >= 15 is 0 Å². The maximum atomic E-state index is 5.97. The van der Waals surface area contributed by atoms with Crippen molar-refractivity contribution in [2.45, 2.75) is 166 Å². The molecular formula is C124H119N10O5Pt-3. The zero-order valence-corrected chi connectivity index (χ0v) is 85.3. The van der Waals surface area contributed by atoms with Crippen molar-refractivity contribution in [3.05, 3.63) is 388 Å². The molecule has 6 aromatic heterocycles. The number of rotatable bonds is 22. The van der Waals surface area contributed by atoms with Crippen molar-refractivity contribution in [1.82, 2.24) is 39.1 Å². The molecule has 0 amide bonds.